The summed E-state index contributed by atoms with van der Waals surface area (Å²) in [6.45, 7) is 5.92. The summed E-state index contributed by atoms with van der Waals surface area (Å²) in [5, 5.41) is 14.2. The smallest absolute Gasteiger partial charge is 0.291 e. The lowest BCUT2D eigenvalue weighted by atomic mass is 10.1. The highest BCUT2D eigenvalue weighted by molar-refractivity contribution is 6.02. The number of carbonyl (C=O) groups is 1. The number of hydrogen-bond acceptors (Lipinski definition) is 7. The Kier molecular flexibility index (Phi) is 7.43. The minimum Gasteiger partial charge on any atom is -0.497 e. The van der Waals surface area contributed by atoms with Crippen molar-refractivity contribution in [1.29, 1.82) is 0 Å². The van der Waals surface area contributed by atoms with E-state index < -0.39 is 10.8 Å². The third kappa shape index (κ3) is 6.26. The van der Waals surface area contributed by atoms with Gasteiger partial charge in [-0.2, -0.15) is 0 Å². The number of furan rings is 1. The van der Waals surface area contributed by atoms with Gasteiger partial charge in [-0.05, 0) is 67.8 Å². The van der Waals surface area contributed by atoms with Gasteiger partial charge in [0.25, 0.3) is 11.6 Å². The first-order chi connectivity index (χ1) is 17.7. The maximum absolute atomic E-state index is 12.8. The van der Waals surface area contributed by atoms with Crippen molar-refractivity contribution in [3.05, 3.63) is 105 Å². The van der Waals surface area contributed by atoms with E-state index in [1.165, 1.54) is 24.3 Å². The van der Waals surface area contributed by atoms with E-state index in [4.69, 9.17) is 18.6 Å². The number of nitro benzene ring substituents is 1. The number of carbonyl (C=O) groups excluding carboxylic acids is 1. The van der Waals surface area contributed by atoms with Crippen LogP contribution in [0.1, 0.15) is 33.0 Å². The molecule has 0 saturated heterocycles. The van der Waals surface area contributed by atoms with Crippen LogP contribution in [0.4, 0.5) is 11.4 Å². The number of nitrogens with zero attached hydrogens (tertiary/aromatic N) is 1. The summed E-state index contributed by atoms with van der Waals surface area (Å²) in [6, 6.07) is 18.2. The van der Waals surface area contributed by atoms with E-state index in [1.54, 1.807) is 37.4 Å². The summed E-state index contributed by atoms with van der Waals surface area (Å²) in [4.78, 5) is 23.8. The second kappa shape index (κ2) is 10.9. The molecule has 1 heterocycles. The van der Waals surface area contributed by atoms with Crippen LogP contribution in [0.3, 0.4) is 0 Å². The first-order valence-corrected chi connectivity index (χ1v) is 11.4. The summed E-state index contributed by atoms with van der Waals surface area (Å²) in [5.74, 6) is 1.95. The molecule has 4 rings (SSSR count). The average Bonchev–Trinajstić information content (AvgIpc) is 3.35. The maximum atomic E-state index is 12.8. The zero-order valence-corrected chi connectivity index (χ0v) is 20.9. The number of anilines is 1. The number of methoxy groups -OCH3 is 1. The zero-order valence-electron chi connectivity index (χ0n) is 20.9. The number of benzene rings is 3. The minimum atomic E-state index is -0.568. The van der Waals surface area contributed by atoms with Crippen LogP contribution < -0.4 is 19.5 Å². The van der Waals surface area contributed by atoms with Gasteiger partial charge in [0.15, 0.2) is 5.76 Å². The van der Waals surface area contributed by atoms with Gasteiger partial charge in [0.2, 0.25) is 0 Å². The molecule has 0 aliphatic carbocycles. The highest BCUT2D eigenvalue weighted by Gasteiger charge is 2.17. The lowest BCUT2D eigenvalue weighted by Crippen LogP contribution is -2.11. The lowest BCUT2D eigenvalue weighted by Gasteiger charge is -2.13. The number of amides is 1. The highest BCUT2D eigenvalue weighted by Crippen LogP contribution is 2.33. The molecular formula is C28H26N2O7. The van der Waals surface area contributed by atoms with Crippen molar-refractivity contribution in [3.63, 3.8) is 0 Å². The Balaban J connectivity index is 1.49. The first kappa shape index (κ1) is 25.3. The molecule has 4 aromatic rings. The first-order valence-electron chi connectivity index (χ1n) is 11.4. The molecule has 0 fully saturated rings. The largest absolute Gasteiger partial charge is 0.497 e. The van der Waals surface area contributed by atoms with Crippen molar-refractivity contribution in [3.8, 4) is 23.0 Å². The van der Waals surface area contributed by atoms with Crippen LogP contribution in [0.15, 0.2) is 71.1 Å². The van der Waals surface area contributed by atoms with Crippen LogP contribution in [-0.2, 0) is 6.61 Å². The van der Waals surface area contributed by atoms with Crippen LogP contribution in [0, 0.1) is 30.9 Å². The molecule has 1 N–H and O–H groups in total. The molecule has 0 aliphatic rings. The monoisotopic (exact) mass is 502 g/mol. The van der Waals surface area contributed by atoms with Crippen molar-refractivity contribution in [1.82, 2.24) is 0 Å². The average molecular weight is 503 g/mol. The predicted molar refractivity (Wildman–Crippen MR) is 138 cm³/mol. The normalized spacial score (nSPS) is 10.6. The summed E-state index contributed by atoms with van der Waals surface area (Å²) >= 11 is 0. The van der Waals surface area contributed by atoms with Gasteiger partial charge in [-0.25, -0.2) is 0 Å². The highest BCUT2D eigenvalue weighted by atomic mass is 16.6. The Morgan fingerprint density at radius 3 is 2.51 bits per heavy atom. The van der Waals surface area contributed by atoms with Crippen molar-refractivity contribution in [2.24, 2.45) is 0 Å². The van der Waals surface area contributed by atoms with Crippen molar-refractivity contribution in [2.45, 2.75) is 27.4 Å². The van der Waals surface area contributed by atoms with Crippen molar-refractivity contribution in [2.75, 3.05) is 12.4 Å². The number of aryl methyl sites for hydroxylation is 2. The van der Waals surface area contributed by atoms with Crippen LogP contribution >= 0.6 is 0 Å². The second-order valence-electron chi connectivity index (χ2n) is 8.47. The van der Waals surface area contributed by atoms with E-state index in [0.29, 0.717) is 23.0 Å². The van der Waals surface area contributed by atoms with Crippen molar-refractivity contribution < 1.29 is 28.3 Å². The quantitative estimate of drug-likeness (QED) is 0.199. The van der Waals surface area contributed by atoms with Gasteiger partial charge in [0.1, 0.15) is 35.4 Å². The molecule has 1 amide bonds. The van der Waals surface area contributed by atoms with Gasteiger partial charge in [-0.3, -0.25) is 14.9 Å². The van der Waals surface area contributed by atoms with Gasteiger partial charge in [-0.15, -0.1) is 0 Å². The topological polar surface area (TPSA) is 113 Å². The van der Waals surface area contributed by atoms with Gasteiger partial charge >= 0.3 is 0 Å². The van der Waals surface area contributed by atoms with E-state index in [2.05, 4.69) is 5.32 Å². The summed E-state index contributed by atoms with van der Waals surface area (Å²) in [6.07, 6.45) is 0. The molecule has 0 unspecified atom stereocenters. The van der Waals surface area contributed by atoms with Gasteiger partial charge < -0.3 is 23.9 Å². The van der Waals surface area contributed by atoms with Crippen molar-refractivity contribution >= 4 is 17.3 Å². The van der Waals surface area contributed by atoms with Gasteiger partial charge in [0, 0.05) is 18.2 Å². The molecule has 0 radical (unpaired) electrons. The molecule has 3 aromatic carbocycles. The molecule has 0 saturated carbocycles. The summed E-state index contributed by atoms with van der Waals surface area (Å²) in [5.41, 5.74) is 2.93. The fraction of sp³-hybridized carbons (Fsp3) is 0.179. The molecule has 9 heteroatoms. The van der Waals surface area contributed by atoms with E-state index in [0.717, 1.165) is 16.7 Å². The predicted octanol–water partition coefficient (Wildman–Crippen LogP) is 6.75. The van der Waals surface area contributed by atoms with E-state index in [1.807, 2.05) is 32.9 Å². The molecule has 0 aliphatic heterocycles. The molecule has 0 spiro atoms. The Hall–Kier alpha value is -4.79. The lowest BCUT2D eigenvalue weighted by molar-refractivity contribution is -0.384. The third-order valence-corrected chi connectivity index (χ3v) is 5.66. The van der Waals surface area contributed by atoms with Gasteiger partial charge in [0.05, 0.1) is 23.8 Å². The SMILES string of the molecule is COc1cccc(OCc2ccc(C(=O)Nc3cc(Oc4cc(C)cc(C)c4C)cc([N+](=O)[O-])c3)o2)c1. The van der Waals surface area contributed by atoms with E-state index in [9.17, 15) is 14.9 Å². The number of ether oxygens (including phenoxy) is 3. The number of hydrogen-bond donors (Lipinski definition) is 1. The molecule has 0 bridgehead atoms. The van der Waals surface area contributed by atoms with Gasteiger partial charge in [-0.1, -0.05) is 12.1 Å². The number of nitrogens with one attached hydrogen (secondary N) is 1. The third-order valence-electron chi connectivity index (χ3n) is 5.66. The van der Waals surface area contributed by atoms with Crippen LogP contribution in [0.5, 0.6) is 23.0 Å². The Morgan fingerprint density at radius 1 is 0.973 bits per heavy atom. The Labute approximate surface area is 213 Å². The number of rotatable bonds is 9. The zero-order chi connectivity index (χ0) is 26.5. The van der Waals surface area contributed by atoms with Crippen LogP contribution in [-0.4, -0.2) is 17.9 Å². The summed E-state index contributed by atoms with van der Waals surface area (Å²) < 4.78 is 22.4. The molecule has 37 heavy (non-hydrogen) atoms. The van der Waals surface area contributed by atoms with E-state index in [-0.39, 0.29) is 29.5 Å². The summed E-state index contributed by atoms with van der Waals surface area (Å²) in [7, 11) is 1.57. The second-order valence-corrected chi connectivity index (χ2v) is 8.47. The Morgan fingerprint density at radius 2 is 1.76 bits per heavy atom. The number of nitro groups is 1. The molecule has 190 valence electrons. The van der Waals surface area contributed by atoms with E-state index >= 15 is 0 Å². The maximum Gasteiger partial charge on any atom is 0.291 e. The molecule has 9 nitrogen and oxygen atoms in total. The fourth-order valence-electron chi connectivity index (χ4n) is 3.67. The standard InChI is InChI=1S/C28H26N2O7/c1-17-10-18(2)19(3)27(11-17)37-25-13-20(12-21(14-25)30(32)33)29-28(31)26-9-8-24(36-26)16-35-23-7-5-6-22(15-23)34-4/h5-15H,16H2,1-4H3,(H,29,31). The van der Waals surface area contributed by atoms with Crippen LogP contribution in [0.2, 0.25) is 0 Å². The Bertz CT molecular complexity index is 1460. The molecule has 1 aromatic heterocycles. The molecular weight excluding hydrogens is 476 g/mol. The van der Waals surface area contributed by atoms with Crippen LogP contribution in [0.25, 0.3) is 0 Å². The minimum absolute atomic E-state index is 0.0309. The fourth-order valence-corrected chi connectivity index (χ4v) is 3.67. The number of non-ortho nitro benzene ring substituents is 1. The molecule has 0 atom stereocenters.